The highest BCUT2D eigenvalue weighted by Gasteiger charge is 2.12. The van der Waals surface area contributed by atoms with Gasteiger partial charge in [0.25, 0.3) is 0 Å². The average Bonchev–Trinajstić information content (AvgIpc) is 2.84. The first kappa shape index (κ1) is 23.9. The van der Waals surface area contributed by atoms with Gasteiger partial charge in [-0.25, -0.2) is 4.39 Å². The van der Waals surface area contributed by atoms with E-state index in [1.807, 2.05) is 49.4 Å². The lowest BCUT2D eigenvalue weighted by atomic mass is 10.1. The molecule has 6 nitrogen and oxygen atoms in total. The summed E-state index contributed by atoms with van der Waals surface area (Å²) in [5.41, 5.74) is 4.33. The molecule has 1 aromatic heterocycles. The molecule has 178 valence electrons. The number of nitrogens with one attached hydrogen (secondary N) is 1. The summed E-state index contributed by atoms with van der Waals surface area (Å²) >= 11 is 0. The van der Waals surface area contributed by atoms with Crippen molar-refractivity contribution in [3.05, 3.63) is 83.4 Å². The summed E-state index contributed by atoms with van der Waals surface area (Å²) in [6, 6.07) is 16.6. The van der Waals surface area contributed by atoms with Crippen molar-refractivity contribution in [3.63, 3.8) is 0 Å². The van der Waals surface area contributed by atoms with Crippen molar-refractivity contribution in [3.8, 4) is 16.9 Å². The van der Waals surface area contributed by atoms with Crippen LogP contribution in [-0.4, -0.2) is 48.7 Å². The van der Waals surface area contributed by atoms with Crippen LogP contribution in [0.4, 0.5) is 4.39 Å². The Labute approximate surface area is 199 Å². The summed E-state index contributed by atoms with van der Waals surface area (Å²) in [6.07, 6.45) is 1.93. The van der Waals surface area contributed by atoms with E-state index < -0.39 is 0 Å². The highest BCUT2D eigenvalue weighted by molar-refractivity contribution is 5.78. The summed E-state index contributed by atoms with van der Waals surface area (Å²) in [5, 5.41) is 2.88. The van der Waals surface area contributed by atoms with Gasteiger partial charge in [0.1, 0.15) is 11.6 Å². The summed E-state index contributed by atoms with van der Waals surface area (Å²) in [6.45, 7) is 6.62. The molecule has 1 amide bonds. The van der Waals surface area contributed by atoms with Crippen LogP contribution >= 0.6 is 0 Å². The van der Waals surface area contributed by atoms with E-state index in [0.29, 0.717) is 32.1 Å². The molecule has 0 atom stereocenters. The Kier molecular flexibility index (Phi) is 8.22. The summed E-state index contributed by atoms with van der Waals surface area (Å²) < 4.78 is 25.0. The van der Waals surface area contributed by atoms with E-state index in [1.165, 1.54) is 6.07 Å². The van der Waals surface area contributed by atoms with E-state index >= 15 is 0 Å². The van der Waals surface area contributed by atoms with Gasteiger partial charge >= 0.3 is 0 Å². The minimum absolute atomic E-state index is 0.152. The predicted molar refractivity (Wildman–Crippen MR) is 129 cm³/mol. The third-order valence-electron chi connectivity index (χ3n) is 5.68. The number of rotatable bonds is 9. The second kappa shape index (κ2) is 11.7. The van der Waals surface area contributed by atoms with Crippen LogP contribution in [-0.2, 0) is 29.0 Å². The van der Waals surface area contributed by atoms with Gasteiger partial charge in [-0.15, -0.1) is 0 Å². The lowest BCUT2D eigenvalue weighted by Crippen LogP contribution is -2.35. The fraction of sp³-hybridized carbons (Fsp3) is 0.333. The van der Waals surface area contributed by atoms with Crippen LogP contribution in [0.3, 0.4) is 0 Å². The van der Waals surface area contributed by atoms with Gasteiger partial charge in [0.05, 0.1) is 26.2 Å². The average molecular weight is 464 g/mol. The SMILES string of the molecule is CCOc1ccc(-c2ccc(CC(=O)NCc3cc(F)cc(CN4CCOCC4)c3)nc2)cc1. The monoisotopic (exact) mass is 463 g/mol. The lowest BCUT2D eigenvalue weighted by molar-refractivity contribution is -0.120. The first-order valence-corrected chi connectivity index (χ1v) is 11.6. The van der Waals surface area contributed by atoms with Gasteiger partial charge in [0.15, 0.2) is 0 Å². The Morgan fingerprint density at radius 2 is 1.79 bits per heavy atom. The second-order valence-corrected chi connectivity index (χ2v) is 8.31. The summed E-state index contributed by atoms with van der Waals surface area (Å²) in [5.74, 6) is 0.390. The largest absolute Gasteiger partial charge is 0.494 e. The minimum Gasteiger partial charge on any atom is -0.494 e. The number of benzene rings is 2. The number of hydrogen-bond acceptors (Lipinski definition) is 5. The quantitative estimate of drug-likeness (QED) is 0.520. The van der Waals surface area contributed by atoms with Crippen LogP contribution in [0.2, 0.25) is 0 Å². The van der Waals surface area contributed by atoms with Gasteiger partial charge in [-0.3, -0.25) is 14.7 Å². The third kappa shape index (κ3) is 6.85. The summed E-state index contributed by atoms with van der Waals surface area (Å²) in [7, 11) is 0. The van der Waals surface area contributed by atoms with Gasteiger partial charge in [0, 0.05) is 43.6 Å². The lowest BCUT2D eigenvalue weighted by Gasteiger charge is -2.26. The maximum Gasteiger partial charge on any atom is 0.226 e. The van der Waals surface area contributed by atoms with Crippen molar-refractivity contribution in [1.29, 1.82) is 0 Å². The summed E-state index contributed by atoms with van der Waals surface area (Å²) in [4.78, 5) is 19.1. The molecule has 1 N–H and O–H groups in total. The van der Waals surface area contributed by atoms with Gasteiger partial charge in [-0.2, -0.15) is 0 Å². The van der Waals surface area contributed by atoms with Gasteiger partial charge in [-0.05, 0) is 53.9 Å². The molecule has 3 aromatic rings. The standard InChI is InChI=1S/C27H30FN3O3/c1-2-34-26-7-4-22(5-8-26)23-3-6-25(29-18-23)16-27(32)30-17-20-13-21(15-24(28)14-20)19-31-9-11-33-12-10-31/h3-8,13-15,18H,2,9-12,16-17,19H2,1H3,(H,30,32). The highest BCUT2D eigenvalue weighted by Crippen LogP contribution is 2.22. The Hall–Kier alpha value is -3.29. The molecule has 1 aliphatic heterocycles. The molecule has 1 aliphatic rings. The number of carbonyl (C=O) groups is 1. The second-order valence-electron chi connectivity index (χ2n) is 8.31. The van der Waals surface area contributed by atoms with Crippen molar-refractivity contribution < 1.29 is 18.7 Å². The van der Waals surface area contributed by atoms with Gasteiger partial charge in [0.2, 0.25) is 5.91 Å². The van der Waals surface area contributed by atoms with Crippen molar-refractivity contribution in [1.82, 2.24) is 15.2 Å². The molecule has 4 rings (SSSR count). The number of aromatic nitrogens is 1. The molecule has 0 aliphatic carbocycles. The van der Waals surface area contributed by atoms with Crippen LogP contribution in [0.25, 0.3) is 11.1 Å². The van der Waals surface area contributed by atoms with Crippen LogP contribution in [0, 0.1) is 5.82 Å². The van der Waals surface area contributed by atoms with E-state index in [-0.39, 0.29) is 24.7 Å². The highest BCUT2D eigenvalue weighted by atomic mass is 19.1. The molecule has 0 saturated carbocycles. The third-order valence-corrected chi connectivity index (χ3v) is 5.68. The molecule has 34 heavy (non-hydrogen) atoms. The molecular formula is C27H30FN3O3. The Morgan fingerprint density at radius 1 is 1.06 bits per heavy atom. The van der Waals surface area contributed by atoms with Crippen molar-refractivity contribution in [2.24, 2.45) is 0 Å². The number of hydrogen-bond donors (Lipinski definition) is 1. The molecule has 1 saturated heterocycles. The molecule has 2 aromatic carbocycles. The van der Waals surface area contributed by atoms with Crippen LogP contribution in [0.15, 0.2) is 60.8 Å². The molecule has 7 heteroatoms. The van der Waals surface area contributed by atoms with Crippen LogP contribution in [0.1, 0.15) is 23.7 Å². The normalized spacial score (nSPS) is 14.1. The van der Waals surface area contributed by atoms with Crippen molar-refractivity contribution in [2.75, 3.05) is 32.9 Å². The molecular weight excluding hydrogens is 433 g/mol. The molecule has 0 radical (unpaired) electrons. The molecule has 0 unspecified atom stereocenters. The zero-order chi connectivity index (χ0) is 23.8. The number of carbonyl (C=O) groups excluding carboxylic acids is 1. The molecule has 0 spiro atoms. The molecule has 0 bridgehead atoms. The number of pyridine rings is 1. The number of ether oxygens (including phenoxy) is 2. The smallest absolute Gasteiger partial charge is 0.226 e. The number of amides is 1. The van der Waals surface area contributed by atoms with Crippen molar-refractivity contribution in [2.45, 2.75) is 26.4 Å². The number of nitrogens with zero attached hydrogens (tertiary/aromatic N) is 2. The first-order chi connectivity index (χ1) is 16.6. The first-order valence-electron chi connectivity index (χ1n) is 11.6. The van der Waals surface area contributed by atoms with Crippen LogP contribution < -0.4 is 10.1 Å². The van der Waals surface area contributed by atoms with Gasteiger partial charge in [-0.1, -0.05) is 24.3 Å². The maximum absolute atomic E-state index is 14.1. The Morgan fingerprint density at radius 3 is 2.50 bits per heavy atom. The van der Waals surface area contributed by atoms with E-state index in [9.17, 15) is 9.18 Å². The van der Waals surface area contributed by atoms with E-state index in [2.05, 4.69) is 15.2 Å². The van der Waals surface area contributed by atoms with Crippen LogP contribution in [0.5, 0.6) is 5.75 Å². The van der Waals surface area contributed by atoms with E-state index in [1.54, 1.807) is 12.3 Å². The van der Waals surface area contributed by atoms with Crippen molar-refractivity contribution >= 4 is 5.91 Å². The number of halogens is 1. The molecule has 2 heterocycles. The van der Waals surface area contributed by atoms with E-state index in [0.717, 1.165) is 41.1 Å². The van der Waals surface area contributed by atoms with E-state index in [4.69, 9.17) is 9.47 Å². The minimum atomic E-state index is -0.290. The maximum atomic E-state index is 14.1. The zero-order valence-electron chi connectivity index (χ0n) is 19.4. The Balaban J connectivity index is 1.29. The molecule has 1 fully saturated rings. The van der Waals surface area contributed by atoms with Gasteiger partial charge < -0.3 is 14.8 Å². The number of morpholine rings is 1. The fourth-order valence-corrected chi connectivity index (χ4v) is 3.97. The Bertz CT molecular complexity index is 1080. The topological polar surface area (TPSA) is 63.7 Å². The zero-order valence-corrected chi connectivity index (χ0v) is 19.4. The fourth-order valence-electron chi connectivity index (χ4n) is 3.97. The predicted octanol–water partition coefficient (Wildman–Crippen LogP) is 3.98.